The standard InChI is InChI=1S/C23H32N4O2S.C2H6/c1-6-10-23(29-13-7-2)14-17(23)8-11-24-15-26-20-19-18(27(4)5)9-12-25-22(19)30-21(20)16(3)28;1-2/h6,8-12,15,17,22,25H,7,13-14H2,1-5H3,(H,24,26);1-2H3/b10-6-,11-8+;. The molecule has 0 radical (unpaired) electrons. The summed E-state index contributed by atoms with van der Waals surface area (Å²) in [6.07, 6.45) is 15.7. The zero-order valence-electron chi connectivity index (χ0n) is 20.4. The first kappa shape index (κ1) is 26.0. The number of rotatable bonds is 10. The lowest BCUT2D eigenvalue weighted by Crippen LogP contribution is -2.30. The van der Waals surface area contributed by atoms with E-state index in [1.54, 1.807) is 25.0 Å². The van der Waals surface area contributed by atoms with Gasteiger partial charge in [0.25, 0.3) is 0 Å². The lowest BCUT2D eigenvalue weighted by Gasteiger charge is -2.26. The number of dihydropyridines is 1. The molecular weight excluding hydrogens is 420 g/mol. The molecule has 3 unspecified atom stereocenters. The van der Waals surface area contributed by atoms with Gasteiger partial charge in [0.05, 0.1) is 22.5 Å². The molecule has 2 heterocycles. The number of hydrogen-bond acceptors (Lipinski definition) is 6. The largest absolute Gasteiger partial charge is 0.377 e. The van der Waals surface area contributed by atoms with E-state index in [1.165, 1.54) is 0 Å². The van der Waals surface area contributed by atoms with Gasteiger partial charge in [-0.3, -0.25) is 4.79 Å². The molecule has 2 aliphatic heterocycles. The van der Waals surface area contributed by atoms with Crippen molar-refractivity contribution in [3.8, 4) is 0 Å². The molecule has 3 aliphatic rings. The monoisotopic (exact) mass is 458 g/mol. The fourth-order valence-electron chi connectivity index (χ4n) is 3.76. The molecular formula is C25H38N4O2S. The maximum Gasteiger partial charge on any atom is 0.168 e. The maximum atomic E-state index is 12.2. The van der Waals surface area contributed by atoms with E-state index in [2.05, 4.69) is 45.7 Å². The SMILES string of the molecule is C/C=C\C1(OCCC)CC1/C=C/N=CNC1=C(C(C)=O)SC2NC=CC(N(C)C)=C12.CC. The summed E-state index contributed by atoms with van der Waals surface area (Å²) in [5.74, 6) is 0.405. The van der Waals surface area contributed by atoms with Gasteiger partial charge in [0.15, 0.2) is 5.78 Å². The number of ketones is 1. The smallest absolute Gasteiger partial charge is 0.168 e. The second kappa shape index (κ2) is 12.1. The van der Waals surface area contributed by atoms with Crippen LogP contribution in [0, 0.1) is 5.92 Å². The van der Waals surface area contributed by atoms with Crippen LogP contribution in [0.3, 0.4) is 0 Å². The summed E-state index contributed by atoms with van der Waals surface area (Å²) in [5.41, 5.74) is 2.83. The quantitative estimate of drug-likeness (QED) is 0.281. The third-order valence-electron chi connectivity index (χ3n) is 5.28. The summed E-state index contributed by atoms with van der Waals surface area (Å²) in [7, 11) is 4.01. The van der Waals surface area contributed by atoms with E-state index in [4.69, 9.17) is 4.74 Å². The molecule has 3 atom stereocenters. The molecule has 1 saturated carbocycles. The van der Waals surface area contributed by atoms with E-state index in [1.807, 2.05) is 53.3 Å². The summed E-state index contributed by atoms with van der Waals surface area (Å²) in [6.45, 7) is 10.5. The Hall–Kier alpha value is -2.25. The number of carbonyl (C=O) groups excluding carboxylic acids is 1. The minimum Gasteiger partial charge on any atom is -0.377 e. The van der Waals surface area contributed by atoms with Gasteiger partial charge in [-0.05, 0) is 39.0 Å². The zero-order chi connectivity index (χ0) is 23.7. The van der Waals surface area contributed by atoms with Gasteiger partial charge in [-0.2, -0.15) is 0 Å². The average molecular weight is 459 g/mol. The van der Waals surface area contributed by atoms with Crippen LogP contribution in [-0.2, 0) is 9.53 Å². The maximum absolute atomic E-state index is 12.2. The Kier molecular flexibility index (Phi) is 9.84. The topological polar surface area (TPSA) is 66.0 Å². The molecule has 1 fully saturated rings. The van der Waals surface area contributed by atoms with Crippen LogP contribution in [-0.4, -0.2) is 48.7 Å². The van der Waals surface area contributed by atoms with Crippen LogP contribution < -0.4 is 10.6 Å². The molecule has 0 bridgehead atoms. The molecule has 1 aliphatic carbocycles. The van der Waals surface area contributed by atoms with E-state index in [-0.39, 0.29) is 16.8 Å². The van der Waals surface area contributed by atoms with Crippen molar-refractivity contribution in [3.63, 3.8) is 0 Å². The molecule has 0 spiro atoms. The predicted octanol–water partition coefficient (Wildman–Crippen LogP) is 4.71. The Labute approximate surface area is 197 Å². The number of ether oxygens (including phenoxy) is 1. The minimum absolute atomic E-state index is 0.0290. The van der Waals surface area contributed by atoms with Crippen molar-refractivity contribution >= 4 is 23.9 Å². The summed E-state index contributed by atoms with van der Waals surface area (Å²) in [6, 6.07) is 0. The van der Waals surface area contributed by atoms with E-state index in [0.29, 0.717) is 5.92 Å². The molecule has 3 rings (SSSR count). The molecule has 32 heavy (non-hydrogen) atoms. The molecule has 6 nitrogen and oxygen atoms in total. The number of likely N-dealkylation sites (N-methyl/N-ethyl adjacent to an activating group) is 1. The lowest BCUT2D eigenvalue weighted by molar-refractivity contribution is -0.113. The Balaban J connectivity index is 0.00000176. The van der Waals surface area contributed by atoms with Crippen molar-refractivity contribution in [2.75, 3.05) is 20.7 Å². The van der Waals surface area contributed by atoms with Gasteiger partial charge in [0.1, 0.15) is 5.37 Å². The van der Waals surface area contributed by atoms with Crippen LogP contribution >= 0.6 is 11.8 Å². The number of allylic oxidation sites excluding steroid dienone is 3. The van der Waals surface area contributed by atoms with Crippen LogP contribution in [0.4, 0.5) is 0 Å². The predicted molar refractivity (Wildman–Crippen MR) is 136 cm³/mol. The van der Waals surface area contributed by atoms with Gasteiger partial charge >= 0.3 is 0 Å². The first-order valence-electron chi connectivity index (χ1n) is 11.4. The molecule has 0 amide bonds. The zero-order valence-corrected chi connectivity index (χ0v) is 21.3. The summed E-state index contributed by atoms with van der Waals surface area (Å²) in [5, 5.41) is 6.62. The molecule has 2 N–H and O–H groups in total. The van der Waals surface area contributed by atoms with E-state index in [9.17, 15) is 4.79 Å². The number of Topliss-reactive ketones (excluding diaryl/α,β-unsaturated/α-hetero) is 1. The minimum atomic E-state index is -0.157. The molecule has 0 aromatic carbocycles. The molecule has 0 aromatic rings. The Bertz CT molecular complexity index is 854. The van der Waals surface area contributed by atoms with Crippen molar-refractivity contribution in [2.24, 2.45) is 10.9 Å². The Morgan fingerprint density at radius 3 is 2.81 bits per heavy atom. The molecule has 7 heteroatoms. The summed E-state index contributed by atoms with van der Waals surface area (Å²) < 4.78 is 6.04. The summed E-state index contributed by atoms with van der Waals surface area (Å²) >= 11 is 1.54. The lowest BCUT2D eigenvalue weighted by atomic mass is 10.1. The van der Waals surface area contributed by atoms with Crippen LogP contribution in [0.5, 0.6) is 0 Å². The highest BCUT2D eigenvalue weighted by atomic mass is 32.2. The van der Waals surface area contributed by atoms with Crippen molar-refractivity contribution in [1.82, 2.24) is 15.5 Å². The van der Waals surface area contributed by atoms with Gasteiger partial charge in [0, 0.05) is 44.1 Å². The number of thioether (sulfide) groups is 1. The number of nitrogens with zero attached hydrogens (tertiary/aromatic N) is 2. The van der Waals surface area contributed by atoms with Gasteiger partial charge in [0.2, 0.25) is 0 Å². The van der Waals surface area contributed by atoms with Crippen LogP contribution in [0.25, 0.3) is 0 Å². The van der Waals surface area contributed by atoms with Crippen molar-refractivity contribution in [3.05, 3.63) is 58.6 Å². The highest BCUT2D eigenvalue weighted by Crippen LogP contribution is 2.49. The third kappa shape index (κ3) is 5.95. The molecule has 0 saturated heterocycles. The normalized spacial score (nSPS) is 26.5. The van der Waals surface area contributed by atoms with Gasteiger partial charge in [-0.1, -0.05) is 50.8 Å². The van der Waals surface area contributed by atoms with Gasteiger partial charge in [-0.25, -0.2) is 4.99 Å². The molecule has 176 valence electrons. The van der Waals surface area contributed by atoms with E-state index in [0.717, 1.165) is 41.3 Å². The number of hydrogen-bond donors (Lipinski definition) is 2. The first-order chi connectivity index (χ1) is 15.4. The molecule has 0 aromatic heterocycles. The van der Waals surface area contributed by atoms with Crippen LogP contribution in [0.15, 0.2) is 63.6 Å². The number of aliphatic imine (C=N–C) groups is 1. The fourth-order valence-corrected chi connectivity index (χ4v) is 4.95. The van der Waals surface area contributed by atoms with Crippen molar-refractivity contribution in [2.45, 2.75) is 58.4 Å². The van der Waals surface area contributed by atoms with E-state index >= 15 is 0 Å². The van der Waals surface area contributed by atoms with Crippen molar-refractivity contribution in [1.29, 1.82) is 0 Å². The third-order valence-corrected chi connectivity index (χ3v) is 6.61. The number of fused-ring (bicyclic) bond motifs is 1. The second-order valence-electron chi connectivity index (χ2n) is 7.83. The summed E-state index contributed by atoms with van der Waals surface area (Å²) in [4.78, 5) is 19.4. The number of nitrogens with one attached hydrogen (secondary N) is 2. The van der Waals surface area contributed by atoms with Crippen LogP contribution in [0.1, 0.15) is 47.5 Å². The average Bonchev–Trinajstić information content (AvgIpc) is 3.32. The van der Waals surface area contributed by atoms with E-state index < -0.39 is 0 Å². The Morgan fingerprint density at radius 2 is 2.19 bits per heavy atom. The number of carbonyl (C=O) groups is 1. The highest BCUT2D eigenvalue weighted by Gasteiger charge is 2.51. The fraction of sp³-hybridized carbons (Fsp3) is 0.520. The Morgan fingerprint density at radius 1 is 1.44 bits per heavy atom. The van der Waals surface area contributed by atoms with Crippen LogP contribution in [0.2, 0.25) is 0 Å². The van der Waals surface area contributed by atoms with Gasteiger partial charge in [-0.15, -0.1) is 0 Å². The highest BCUT2D eigenvalue weighted by molar-refractivity contribution is 8.05. The first-order valence-corrected chi connectivity index (χ1v) is 12.3. The van der Waals surface area contributed by atoms with Crippen molar-refractivity contribution < 1.29 is 9.53 Å². The van der Waals surface area contributed by atoms with Gasteiger partial charge < -0.3 is 20.3 Å². The second-order valence-corrected chi connectivity index (χ2v) is 8.94.